The molecule has 0 bridgehead atoms. The van der Waals surface area contributed by atoms with Crippen molar-refractivity contribution in [1.29, 1.82) is 0 Å². The highest BCUT2D eigenvalue weighted by Crippen LogP contribution is 2.32. The predicted molar refractivity (Wildman–Crippen MR) is 89.5 cm³/mol. The van der Waals surface area contributed by atoms with Crippen LogP contribution < -0.4 is 16.1 Å². The van der Waals surface area contributed by atoms with Crippen LogP contribution in [0.4, 0.5) is 5.69 Å². The van der Waals surface area contributed by atoms with Gasteiger partial charge in [-0.2, -0.15) is 10.1 Å². The van der Waals surface area contributed by atoms with Gasteiger partial charge in [0.2, 0.25) is 0 Å². The van der Waals surface area contributed by atoms with Crippen LogP contribution in [-0.2, 0) is 0 Å². The maximum absolute atomic E-state index is 12.2. The Morgan fingerprint density at radius 1 is 1.23 bits per heavy atom. The summed E-state index contributed by atoms with van der Waals surface area (Å²) in [4.78, 5) is 14.9. The minimum atomic E-state index is -0.507. The highest BCUT2D eigenvalue weighted by Gasteiger charge is 2.27. The summed E-state index contributed by atoms with van der Waals surface area (Å²) in [5.41, 5.74) is 9.33. The molecule has 1 aliphatic rings. The average Bonchev–Trinajstić information content (AvgIpc) is 2.48. The number of aromatic amines is 1. The van der Waals surface area contributed by atoms with E-state index in [0.29, 0.717) is 11.8 Å². The summed E-state index contributed by atoms with van der Waals surface area (Å²) in [6.07, 6.45) is 3.33. The third-order valence-electron chi connectivity index (χ3n) is 3.92. The molecule has 0 radical (unpaired) electrons. The lowest BCUT2D eigenvalue weighted by atomic mass is 9.81. The number of nitrogens with one attached hydrogen (secondary N) is 2. The molecule has 5 nitrogen and oxygen atoms in total. The van der Waals surface area contributed by atoms with Crippen LogP contribution in [0.3, 0.4) is 0 Å². The number of pyridine rings is 1. The molecule has 8 heteroatoms. The molecular formula is C14H18Cl3N4O+. The Balaban J connectivity index is 2.23. The lowest BCUT2D eigenvalue weighted by Gasteiger charge is -2.26. The SMILES string of the molecule is C[C@@H]1CCC[C@@H](C)C1=NNC(=O)c1[nH+]c(Cl)c(Cl)c(N)c1Cl. The molecule has 22 heavy (non-hydrogen) atoms. The fourth-order valence-corrected chi connectivity index (χ4v) is 3.24. The van der Waals surface area contributed by atoms with Crippen molar-refractivity contribution in [2.45, 2.75) is 33.1 Å². The van der Waals surface area contributed by atoms with Crippen LogP contribution in [-0.4, -0.2) is 11.6 Å². The summed E-state index contributed by atoms with van der Waals surface area (Å²) in [6.45, 7) is 4.22. The summed E-state index contributed by atoms with van der Waals surface area (Å²) >= 11 is 17.8. The molecule has 1 amide bonds. The summed E-state index contributed by atoms with van der Waals surface area (Å²) in [5.74, 6) is 0.192. The molecule has 120 valence electrons. The Morgan fingerprint density at radius 2 is 1.82 bits per heavy atom. The van der Waals surface area contributed by atoms with Crippen molar-refractivity contribution in [2.24, 2.45) is 16.9 Å². The second-order valence-corrected chi connectivity index (χ2v) is 6.70. The first-order valence-electron chi connectivity index (χ1n) is 7.06. The van der Waals surface area contributed by atoms with Crippen LogP contribution >= 0.6 is 34.8 Å². The van der Waals surface area contributed by atoms with Gasteiger partial charge in [0.1, 0.15) is 10.0 Å². The van der Waals surface area contributed by atoms with Crippen molar-refractivity contribution >= 4 is 52.1 Å². The zero-order valence-electron chi connectivity index (χ0n) is 12.3. The van der Waals surface area contributed by atoms with E-state index < -0.39 is 5.91 Å². The van der Waals surface area contributed by atoms with Crippen LogP contribution in [0.2, 0.25) is 15.2 Å². The van der Waals surface area contributed by atoms with Gasteiger partial charge in [0, 0.05) is 5.71 Å². The normalized spacial score (nSPS) is 21.6. The molecule has 2 rings (SSSR count). The van der Waals surface area contributed by atoms with Gasteiger partial charge in [-0.3, -0.25) is 4.79 Å². The Kier molecular flexibility index (Phi) is 5.53. The minimum absolute atomic E-state index is 0.0249. The summed E-state index contributed by atoms with van der Waals surface area (Å²) in [7, 11) is 0. The van der Waals surface area contributed by atoms with E-state index in [1.807, 2.05) is 0 Å². The molecule has 1 aromatic rings. The van der Waals surface area contributed by atoms with E-state index >= 15 is 0 Å². The number of carbonyl (C=O) groups excluding carboxylic acids is 1. The molecule has 0 unspecified atom stereocenters. The second-order valence-electron chi connectivity index (χ2n) is 5.57. The second kappa shape index (κ2) is 7.02. The van der Waals surface area contributed by atoms with Crippen molar-refractivity contribution < 1.29 is 9.78 Å². The number of nitrogen functional groups attached to an aromatic ring is 1. The average molecular weight is 365 g/mol. The largest absolute Gasteiger partial charge is 0.396 e. The standard InChI is InChI=1S/C14H17Cl3N4O/c1-6-4-3-5-7(2)11(6)20-21-14(22)12-8(15)10(18)9(16)13(17)19-12/h6-7H,3-5H2,1-2H3,(H2,18,19)(H,21,22)/p+1/t6-,7-/m1/s1. The number of aromatic nitrogens is 1. The topological polar surface area (TPSA) is 81.6 Å². The minimum Gasteiger partial charge on any atom is -0.396 e. The number of hydrazone groups is 1. The molecule has 0 spiro atoms. The fourth-order valence-electron chi connectivity index (χ4n) is 2.63. The molecule has 0 aromatic carbocycles. The number of hydrogen-bond acceptors (Lipinski definition) is 3. The maximum atomic E-state index is 12.2. The highest BCUT2D eigenvalue weighted by atomic mass is 35.5. The van der Waals surface area contributed by atoms with Gasteiger partial charge in [0.25, 0.3) is 10.8 Å². The first-order valence-corrected chi connectivity index (χ1v) is 8.19. The Morgan fingerprint density at radius 3 is 2.41 bits per heavy atom. The van der Waals surface area contributed by atoms with Gasteiger partial charge in [0.05, 0.1) is 5.69 Å². The quantitative estimate of drug-likeness (QED) is 0.621. The Hall–Kier alpha value is -1.04. The molecule has 2 atom stereocenters. The number of amides is 1. The van der Waals surface area contributed by atoms with Crippen molar-refractivity contribution in [1.82, 2.24) is 5.43 Å². The summed E-state index contributed by atoms with van der Waals surface area (Å²) in [6, 6.07) is 0. The van der Waals surface area contributed by atoms with E-state index in [2.05, 4.69) is 29.4 Å². The van der Waals surface area contributed by atoms with Gasteiger partial charge in [-0.25, -0.2) is 5.43 Å². The Bertz CT molecular complexity index is 621. The molecule has 0 saturated heterocycles. The van der Waals surface area contributed by atoms with Crippen LogP contribution in [0.25, 0.3) is 0 Å². The molecule has 1 heterocycles. The lowest BCUT2D eigenvalue weighted by molar-refractivity contribution is -0.379. The van der Waals surface area contributed by atoms with E-state index in [1.165, 1.54) is 6.42 Å². The van der Waals surface area contributed by atoms with Gasteiger partial charge in [-0.15, -0.1) is 0 Å². The van der Waals surface area contributed by atoms with Gasteiger partial charge in [-0.05, 0) is 36.3 Å². The molecular weight excluding hydrogens is 347 g/mol. The number of H-pyrrole nitrogens is 1. The lowest BCUT2D eigenvalue weighted by Crippen LogP contribution is -2.32. The fraction of sp³-hybridized carbons (Fsp3) is 0.500. The maximum Gasteiger partial charge on any atom is 0.337 e. The van der Waals surface area contributed by atoms with Crippen LogP contribution in [0.5, 0.6) is 0 Å². The molecule has 1 aromatic heterocycles. The smallest absolute Gasteiger partial charge is 0.337 e. The first-order chi connectivity index (χ1) is 10.3. The molecule has 0 aliphatic heterocycles. The monoisotopic (exact) mass is 363 g/mol. The van der Waals surface area contributed by atoms with Crippen molar-refractivity contribution in [3.05, 3.63) is 20.9 Å². The molecule has 1 fully saturated rings. The molecule has 1 aliphatic carbocycles. The number of nitrogens with two attached hydrogens (primary N) is 1. The number of carbonyl (C=O) groups is 1. The van der Waals surface area contributed by atoms with Crippen molar-refractivity contribution in [3.8, 4) is 0 Å². The van der Waals surface area contributed by atoms with Gasteiger partial charge in [0.15, 0.2) is 0 Å². The summed E-state index contributed by atoms with van der Waals surface area (Å²) in [5, 5.41) is 4.43. The van der Waals surface area contributed by atoms with Crippen LogP contribution in [0.15, 0.2) is 5.10 Å². The van der Waals surface area contributed by atoms with Gasteiger partial charge >= 0.3 is 5.91 Å². The Labute approximate surface area is 144 Å². The predicted octanol–water partition coefficient (Wildman–Crippen LogP) is 3.59. The number of halogens is 3. The van der Waals surface area contributed by atoms with Gasteiger partial charge in [-0.1, -0.05) is 43.5 Å². The van der Waals surface area contributed by atoms with Crippen LogP contribution in [0.1, 0.15) is 43.6 Å². The van der Waals surface area contributed by atoms with Crippen LogP contribution in [0, 0.1) is 11.8 Å². The third-order valence-corrected chi connectivity index (χ3v) is 5.08. The van der Waals surface area contributed by atoms with E-state index in [-0.39, 0.29) is 26.6 Å². The number of nitrogens with zero attached hydrogens (tertiary/aromatic N) is 1. The van der Waals surface area contributed by atoms with E-state index in [0.717, 1.165) is 18.6 Å². The number of rotatable bonds is 2. The number of anilines is 1. The molecule has 4 N–H and O–H groups in total. The van der Waals surface area contributed by atoms with E-state index in [9.17, 15) is 4.79 Å². The highest BCUT2D eigenvalue weighted by molar-refractivity contribution is 6.45. The third kappa shape index (κ3) is 3.47. The van der Waals surface area contributed by atoms with E-state index in [1.54, 1.807) is 0 Å². The zero-order valence-corrected chi connectivity index (χ0v) is 14.6. The first kappa shape index (κ1) is 17.3. The van der Waals surface area contributed by atoms with Gasteiger partial charge < -0.3 is 5.73 Å². The molecule has 1 saturated carbocycles. The van der Waals surface area contributed by atoms with Crippen molar-refractivity contribution in [3.63, 3.8) is 0 Å². The zero-order chi connectivity index (χ0) is 16.4. The van der Waals surface area contributed by atoms with E-state index in [4.69, 9.17) is 40.5 Å². The van der Waals surface area contributed by atoms with Crippen molar-refractivity contribution in [2.75, 3.05) is 5.73 Å². The number of hydrogen-bond donors (Lipinski definition) is 2. The summed E-state index contributed by atoms with van der Waals surface area (Å²) < 4.78 is 0.